The summed E-state index contributed by atoms with van der Waals surface area (Å²) in [6.07, 6.45) is 3.39. The molecule has 26 heavy (non-hydrogen) atoms. The van der Waals surface area contributed by atoms with E-state index in [1.165, 1.54) is 24.2 Å². The minimum absolute atomic E-state index is 0.0356. The van der Waals surface area contributed by atoms with E-state index in [1.54, 1.807) is 18.2 Å². The number of nitrogens with zero attached hydrogens (tertiary/aromatic N) is 2. The Morgan fingerprint density at radius 1 is 1.31 bits per heavy atom. The summed E-state index contributed by atoms with van der Waals surface area (Å²) in [7, 11) is 0. The quantitative estimate of drug-likeness (QED) is 0.787. The molecule has 1 amide bonds. The van der Waals surface area contributed by atoms with Gasteiger partial charge < -0.3 is 9.73 Å². The van der Waals surface area contributed by atoms with Crippen molar-refractivity contribution in [3.8, 4) is 11.5 Å². The third kappa shape index (κ3) is 4.26. The molecule has 140 valence electrons. The highest BCUT2D eigenvalue weighted by atomic mass is 32.2. The molecule has 0 unspecified atom stereocenters. The number of nitrogens with one attached hydrogen (secondary N) is 1. The number of carbonyl (C=O) groups excluding carboxylic acids is 1. The molecule has 5 nitrogen and oxygen atoms in total. The van der Waals surface area contributed by atoms with Crippen molar-refractivity contribution < 1.29 is 13.6 Å². The third-order valence-electron chi connectivity index (χ3n) is 5.19. The van der Waals surface area contributed by atoms with E-state index in [2.05, 4.69) is 29.4 Å². The maximum atomic E-state index is 13.8. The van der Waals surface area contributed by atoms with Crippen LogP contribution in [-0.4, -0.2) is 27.4 Å². The second-order valence-electron chi connectivity index (χ2n) is 7.00. The first-order chi connectivity index (χ1) is 12.5. The van der Waals surface area contributed by atoms with Crippen LogP contribution in [0.25, 0.3) is 11.5 Å². The van der Waals surface area contributed by atoms with Crippen LogP contribution in [0.1, 0.15) is 40.0 Å². The van der Waals surface area contributed by atoms with E-state index in [-0.39, 0.29) is 33.9 Å². The highest BCUT2D eigenvalue weighted by Gasteiger charge is 2.30. The van der Waals surface area contributed by atoms with Gasteiger partial charge in [0, 0.05) is 6.04 Å². The van der Waals surface area contributed by atoms with Gasteiger partial charge in [-0.05, 0) is 37.3 Å². The molecule has 0 radical (unpaired) electrons. The lowest BCUT2D eigenvalue weighted by Crippen LogP contribution is -2.46. The number of hydrogen-bond donors (Lipinski definition) is 1. The van der Waals surface area contributed by atoms with E-state index in [4.69, 9.17) is 4.42 Å². The number of hydrogen-bond acceptors (Lipinski definition) is 5. The highest BCUT2D eigenvalue weighted by Crippen LogP contribution is 2.31. The van der Waals surface area contributed by atoms with Crippen molar-refractivity contribution in [1.82, 2.24) is 15.5 Å². The summed E-state index contributed by atoms with van der Waals surface area (Å²) >= 11 is 1.19. The van der Waals surface area contributed by atoms with Crippen molar-refractivity contribution in [2.24, 2.45) is 11.8 Å². The molecule has 1 fully saturated rings. The maximum Gasteiger partial charge on any atom is 0.277 e. The molecule has 0 spiro atoms. The fourth-order valence-corrected chi connectivity index (χ4v) is 3.98. The lowest BCUT2D eigenvalue weighted by molar-refractivity contribution is -0.121. The minimum atomic E-state index is -0.418. The van der Waals surface area contributed by atoms with Crippen LogP contribution in [0.3, 0.4) is 0 Å². The number of thioether (sulfide) groups is 1. The SMILES string of the molecule is C[C@H]1[C@@H](NC(=O)[C@@H](C)Sc2nnc(-c3ccccc3F)o2)CCC[C@@H]1C. The van der Waals surface area contributed by atoms with Crippen molar-refractivity contribution in [3.05, 3.63) is 30.1 Å². The Morgan fingerprint density at radius 2 is 2.08 bits per heavy atom. The number of benzene rings is 1. The van der Waals surface area contributed by atoms with Crippen LogP contribution in [0.5, 0.6) is 0 Å². The van der Waals surface area contributed by atoms with E-state index in [9.17, 15) is 9.18 Å². The van der Waals surface area contributed by atoms with Crippen LogP contribution in [0.15, 0.2) is 33.9 Å². The van der Waals surface area contributed by atoms with Crippen LogP contribution in [-0.2, 0) is 4.79 Å². The summed E-state index contributed by atoms with van der Waals surface area (Å²) < 4.78 is 19.3. The second kappa shape index (κ2) is 8.20. The van der Waals surface area contributed by atoms with Gasteiger partial charge >= 0.3 is 0 Å². The average Bonchev–Trinajstić information content (AvgIpc) is 3.07. The monoisotopic (exact) mass is 377 g/mol. The third-order valence-corrected chi connectivity index (χ3v) is 6.13. The van der Waals surface area contributed by atoms with Crippen molar-refractivity contribution in [2.45, 2.75) is 56.5 Å². The molecule has 3 rings (SSSR count). The molecule has 2 aromatic rings. The molecule has 7 heteroatoms. The summed E-state index contributed by atoms with van der Waals surface area (Å²) in [5.74, 6) is 0.760. The Labute approximate surface area is 157 Å². The molecular weight excluding hydrogens is 353 g/mol. The maximum absolute atomic E-state index is 13.8. The molecule has 1 saturated carbocycles. The smallest absolute Gasteiger partial charge is 0.277 e. The van der Waals surface area contributed by atoms with Crippen LogP contribution in [0.2, 0.25) is 0 Å². The Morgan fingerprint density at radius 3 is 2.85 bits per heavy atom. The topological polar surface area (TPSA) is 68.0 Å². The Hall–Kier alpha value is -1.89. The van der Waals surface area contributed by atoms with Gasteiger partial charge in [0.15, 0.2) is 0 Å². The summed E-state index contributed by atoms with van der Waals surface area (Å²) in [5.41, 5.74) is 0.258. The van der Waals surface area contributed by atoms with Gasteiger partial charge in [0.2, 0.25) is 5.91 Å². The lowest BCUT2D eigenvalue weighted by Gasteiger charge is -2.35. The molecular formula is C19H24FN3O2S. The second-order valence-corrected chi connectivity index (χ2v) is 8.29. The zero-order valence-corrected chi connectivity index (χ0v) is 16.1. The predicted molar refractivity (Wildman–Crippen MR) is 99.1 cm³/mol. The Balaban J connectivity index is 1.60. The fourth-order valence-electron chi connectivity index (χ4n) is 3.29. The number of carbonyl (C=O) groups is 1. The van der Waals surface area contributed by atoms with Crippen molar-refractivity contribution >= 4 is 17.7 Å². The fraction of sp³-hybridized carbons (Fsp3) is 0.526. The molecule has 1 heterocycles. The van der Waals surface area contributed by atoms with E-state index < -0.39 is 5.82 Å². The molecule has 1 aromatic heterocycles. The van der Waals surface area contributed by atoms with Gasteiger partial charge in [0.1, 0.15) is 5.82 Å². The van der Waals surface area contributed by atoms with Gasteiger partial charge in [0.25, 0.3) is 11.1 Å². The Bertz CT molecular complexity index is 767. The molecule has 1 N–H and O–H groups in total. The zero-order chi connectivity index (χ0) is 18.7. The molecule has 0 saturated heterocycles. The highest BCUT2D eigenvalue weighted by molar-refractivity contribution is 8.00. The van der Waals surface area contributed by atoms with Crippen LogP contribution >= 0.6 is 11.8 Å². The summed E-state index contributed by atoms with van der Waals surface area (Å²) in [6.45, 7) is 6.25. The summed E-state index contributed by atoms with van der Waals surface area (Å²) in [4.78, 5) is 12.5. The van der Waals surface area contributed by atoms with E-state index >= 15 is 0 Å². The van der Waals surface area contributed by atoms with E-state index in [0.717, 1.165) is 12.8 Å². The van der Waals surface area contributed by atoms with Crippen LogP contribution in [0, 0.1) is 17.7 Å². The van der Waals surface area contributed by atoms with Crippen molar-refractivity contribution in [1.29, 1.82) is 0 Å². The molecule has 1 aliphatic carbocycles. The predicted octanol–water partition coefficient (Wildman–Crippen LogP) is 4.30. The first kappa shape index (κ1) is 18.9. The van der Waals surface area contributed by atoms with Crippen molar-refractivity contribution in [3.63, 3.8) is 0 Å². The molecule has 0 aliphatic heterocycles. The average molecular weight is 377 g/mol. The molecule has 1 aliphatic rings. The van der Waals surface area contributed by atoms with E-state index in [0.29, 0.717) is 11.8 Å². The molecule has 1 aromatic carbocycles. The minimum Gasteiger partial charge on any atom is -0.411 e. The van der Waals surface area contributed by atoms with Crippen LogP contribution in [0.4, 0.5) is 4.39 Å². The zero-order valence-electron chi connectivity index (χ0n) is 15.2. The van der Waals surface area contributed by atoms with Gasteiger partial charge in [-0.2, -0.15) is 0 Å². The number of aromatic nitrogens is 2. The van der Waals surface area contributed by atoms with Gasteiger partial charge in [-0.3, -0.25) is 4.79 Å². The normalized spacial score (nSPS) is 24.2. The first-order valence-electron chi connectivity index (χ1n) is 9.01. The standard InChI is InChI=1S/C19H24FN3O2S/c1-11-7-6-10-16(12(11)2)21-17(24)13(3)26-19-23-22-18(25-19)14-8-4-5-9-15(14)20/h4-5,8-9,11-13,16H,6-7,10H2,1-3H3,(H,21,24)/t11-,12+,13+,16-/m0/s1. The largest absolute Gasteiger partial charge is 0.411 e. The van der Waals surface area contributed by atoms with Gasteiger partial charge in [-0.25, -0.2) is 4.39 Å². The number of amides is 1. The van der Waals surface area contributed by atoms with E-state index in [1.807, 2.05) is 6.92 Å². The Kier molecular flexibility index (Phi) is 5.96. The van der Waals surface area contributed by atoms with Gasteiger partial charge in [0.05, 0.1) is 10.8 Å². The first-order valence-corrected chi connectivity index (χ1v) is 9.89. The van der Waals surface area contributed by atoms with Crippen LogP contribution < -0.4 is 5.32 Å². The van der Waals surface area contributed by atoms with Gasteiger partial charge in [-0.1, -0.05) is 50.6 Å². The number of rotatable bonds is 5. The molecule has 0 bridgehead atoms. The molecule has 4 atom stereocenters. The van der Waals surface area contributed by atoms with Crippen molar-refractivity contribution in [2.75, 3.05) is 0 Å². The number of halogens is 1. The van der Waals surface area contributed by atoms with Gasteiger partial charge in [-0.15, -0.1) is 10.2 Å². The summed E-state index contributed by atoms with van der Waals surface area (Å²) in [6, 6.07) is 6.45. The lowest BCUT2D eigenvalue weighted by atomic mass is 9.78. The summed E-state index contributed by atoms with van der Waals surface area (Å²) in [5, 5.41) is 10.9.